The molecule has 1 atom stereocenters. The fourth-order valence-electron chi connectivity index (χ4n) is 4.10. The Labute approximate surface area is 179 Å². The number of nitrogens with zero attached hydrogens (tertiary/aromatic N) is 2. The number of nitrogens with one attached hydrogen (secondary N) is 1. The lowest BCUT2D eigenvalue weighted by molar-refractivity contribution is -0.138. The Balaban J connectivity index is 1.84. The number of hydrogen-bond donors (Lipinski definition) is 2. The molecule has 3 aromatic carbocycles. The summed E-state index contributed by atoms with van der Waals surface area (Å²) in [5, 5.41) is 13.6. The molecular weight excluding hydrogens is 390 g/mol. The van der Waals surface area contributed by atoms with Crippen molar-refractivity contribution in [3.63, 3.8) is 0 Å². The van der Waals surface area contributed by atoms with E-state index in [0.29, 0.717) is 17.2 Å². The second kappa shape index (κ2) is 7.65. The number of imidazole rings is 1. The highest BCUT2D eigenvalue weighted by Crippen LogP contribution is 2.42. The number of esters is 1. The lowest BCUT2D eigenvalue weighted by Gasteiger charge is -2.31. The van der Waals surface area contributed by atoms with Crippen molar-refractivity contribution in [1.29, 1.82) is 0 Å². The zero-order valence-corrected chi connectivity index (χ0v) is 16.9. The second-order valence-corrected chi connectivity index (χ2v) is 7.29. The number of ether oxygens (including phenoxy) is 1. The maximum absolute atomic E-state index is 13.3. The van der Waals surface area contributed by atoms with Crippen LogP contribution in [0.2, 0.25) is 0 Å². The van der Waals surface area contributed by atoms with Crippen LogP contribution in [-0.2, 0) is 9.53 Å². The third-order valence-electron chi connectivity index (χ3n) is 5.38. The first-order chi connectivity index (χ1) is 15.2. The smallest absolute Gasteiger partial charge is 0.338 e. The zero-order chi connectivity index (χ0) is 21.4. The molecule has 5 rings (SSSR count). The maximum Gasteiger partial charge on any atom is 0.338 e. The predicted molar refractivity (Wildman–Crippen MR) is 120 cm³/mol. The van der Waals surface area contributed by atoms with Gasteiger partial charge in [-0.25, -0.2) is 9.78 Å². The number of para-hydroxylation sites is 2. The van der Waals surface area contributed by atoms with Gasteiger partial charge < -0.3 is 15.2 Å². The normalized spacial score (nSPS) is 15.5. The molecule has 0 spiro atoms. The summed E-state index contributed by atoms with van der Waals surface area (Å²) in [4.78, 5) is 18.1. The molecule has 1 aromatic heterocycles. The molecule has 1 aliphatic heterocycles. The standard InChI is InChI=1S/C25H21N3O3/c1-2-31-24(30)21-22(16-9-4-3-5-10-16)27-25-26-19-13-6-7-14-20(19)28(25)23(21)17-11-8-12-18(29)15-17/h3-15,23,29H,2H2,1H3,(H,26,27)/t23-/m0/s1. The molecule has 2 heterocycles. The number of fused-ring (bicyclic) bond motifs is 3. The molecule has 0 radical (unpaired) electrons. The van der Waals surface area contributed by atoms with Gasteiger partial charge in [-0.1, -0.05) is 54.6 Å². The van der Waals surface area contributed by atoms with Crippen molar-refractivity contribution in [2.24, 2.45) is 0 Å². The quantitative estimate of drug-likeness (QED) is 0.475. The van der Waals surface area contributed by atoms with Gasteiger partial charge in [0.2, 0.25) is 5.95 Å². The third-order valence-corrected chi connectivity index (χ3v) is 5.38. The van der Waals surface area contributed by atoms with E-state index in [2.05, 4.69) is 5.32 Å². The molecule has 6 heteroatoms. The largest absolute Gasteiger partial charge is 0.508 e. The number of carbonyl (C=O) groups is 1. The highest BCUT2D eigenvalue weighted by molar-refractivity contribution is 6.03. The Kier molecular flexibility index (Phi) is 4.67. The SMILES string of the molecule is CCOC(=O)C1=C(c2ccccc2)Nc2nc3ccccc3n2[C@H]1c1cccc(O)c1. The van der Waals surface area contributed by atoms with E-state index in [4.69, 9.17) is 9.72 Å². The van der Waals surface area contributed by atoms with E-state index >= 15 is 0 Å². The molecule has 0 aliphatic carbocycles. The van der Waals surface area contributed by atoms with Crippen molar-refractivity contribution in [3.05, 3.63) is 95.6 Å². The minimum Gasteiger partial charge on any atom is -0.508 e. The maximum atomic E-state index is 13.3. The van der Waals surface area contributed by atoms with Gasteiger partial charge in [0.05, 0.1) is 35.0 Å². The zero-order valence-electron chi connectivity index (χ0n) is 16.9. The summed E-state index contributed by atoms with van der Waals surface area (Å²) >= 11 is 0. The number of phenols is 1. The van der Waals surface area contributed by atoms with E-state index in [-0.39, 0.29) is 12.4 Å². The molecule has 154 valence electrons. The van der Waals surface area contributed by atoms with E-state index < -0.39 is 12.0 Å². The monoisotopic (exact) mass is 411 g/mol. The van der Waals surface area contributed by atoms with Crippen molar-refractivity contribution >= 4 is 28.6 Å². The lowest BCUT2D eigenvalue weighted by Crippen LogP contribution is -2.29. The first-order valence-corrected chi connectivity index (χ1v) is 10.2. The fourth-order valence-corrected chi connectivity index (χ4v) is 4.10. The highest BCUT2D eigenvalue weighted by atomic mass is 16.5. The van der Waals surface area contributed by atoms with Crippen LogP contribution >= 0.6 is 0 Å². The van der Waals surface area contributed by atoms with Crippen LogP contribution < -0.4 is 5.32 Å². The van der Waals surface area contributed by atoms with E-state index in [1.165, 1.54) is 0 Å². The number of hydrogen-bond acceptors (Lipinski definition) is 5. The topological polar surface area (TPSA) is 76.4 Å². The van der Waals surface area contributed by atoms with Gasteiger partial charge in [0.1, 0.15) is 5.75 Å². The number of aromatic hydroxyl groups is 1. The number of aromatic nitrogens is 2. The van der Waals surface area contributed by atoms with E-state index in [1.54, 1.807) is 25.1 Å². The number of benzene rings is 3. The van der Waals surface area contributed by atoms with E-state index in [0.717, 1.165) is 22.2 Å². The molecule has 0 unspecified atom stereocenters. The van der Waals surface area contributed by atoms with E-state index in [9.17, 15) is 9.90 Å². The van der Waals surface area contributed by atoms with Crippen molar-refractivity contribution < 1.29 is 14.6 Å². The van der Waals surface area contributed by atoms with Gasteiger partial charge in [-0.15, -0.1) is 0 Å². The van der Waals surface area contributed by atoms with Gasteiger partial charge in [-0.3, -0.25) is 4.57 Å². The molecule has 0 bridgehead atoms. The molecule has 6 nitrogen and oxygen atoms in total. The van der Waals surface area contributed by atoms with Crippen LogP contribution in [0.1, 0.15) is 24.1 Å². The summed E-state index contributed by atoms with van der Waals surface area (Å²) in [6.45, 7) is 2.05. The summed E-state index contributed by atoms with van der Waals surface area (Å²) in [6, 6.07) is 23.9. The van der Waals surface area contributed by atoms with Crippen LogP contribution in [0.4, 0.5) is 5.95 Å². The Morgan fingerprint density at radius 3 is 2.61 bits per heavy atom. The Morgan fingerprint density at radius 2 is 1.84 bits per heavy atom. The number of anilines is 1. The molecule has 4 aromatic rings. The average molecular weight is 411 g/mol. The molecule has 2 N–H and O–H groups in total. The fraction of sp³-hybridized carbons (Fsp3) is 0.120. The van der Waals surface area contributed by atoms with Gasteiger partial charge in [0.15, 0.2) is 0 Å². The molecule has 1 aliphatic rings. The summed E-state index contributed by atoms with van der Waals surface area (Å²) < 4.78 is 7.47. The van der Waals surface area contributed by atoms with Crippen LogP contribution in [0.3, 0.4) is 0 Å². The average Bonchev–Trinajstić information content (AvgIpc) is 3.17. The Bertz CT molecular complexity index is 1310. The Hall–Kier alpha value is -4.06. The first kappa shape index (κ1) is 18.9. The van der Waals surface area contributed by atoms with Gasteiger partial charge in [-0.05, 0) is 42.3 Å². The lowest BCUT2D eigenvalue weighted by atomic mass is 9.92. The van der Waals surface area contributed by atoms with Crippen LogP contribution in [0.15, 0.2) is 84.4 Å². The third kappa shape index (κ3) is 3.22. The molecule has 0 saturated carbocycles. The summed E-state index contributed by atoms with van der Waals surface area (Å²) in [5.41, 5.74) is 4.43. The number of phenolic OH excluding ortho intramolecular Hbond substituents is 1. The number of rotatable bonds is 4. The minimum atomic E-state index is -0.523. The summed E-state index contributed by atoms with van der Waals surface area (Å²) in [7, 11) is 0. The molecule has 0 amide bonds. The van der Waals surface area contributed by atoms with Crippen LogP contribution in [-0.4, -0.2) is 27.2 Å². The highest BCUT2D eigenvalue weighted by Gasteiger charge is 2.36. The van der Waals surface area contributed by atoms with E-state index in [1.807, 2.05) is 65.2 Å². The van der Waals surface area contributed by atoms with Crippen LogP contribution in [0.5, 0.6) is 5.75 Å². The van der Waals surface area contributed by atoms with Crippen molar-refractivity contribution in [2.45, 2.75) is 13.0 Å². The second-order valence-electron chi connectivity index (χ2n) is 7.29. The first-order valence-electron chi connectivity index (χ1n) is 10.2. The van der Waals surface area contributed by atoms with Crippen molar-refractivity contribution in [2.75, 3.05) is 11.9 Å². The van der Waals surface area contributed by atoms with Crippen LogP contribution in [0, 0.1) is 0 Å². The summed E-state index contributed by atoms with van der Waals surface area (Å²) in [6.07, 6.45) is 0. The van der Waals surface area contributed by atoms with Gasteiger partial charge in [-0.2, -0.15) is 0 Å². The molecule has 0 fully saturated rings. The van der Waals surface area contributed by atoms with Crippen LogP contribution in [0.25, 0.3) is 16.7 Å². The number of carbonyl (C=O) groups excluding carboxylic acids is 1. The Morgan fingerprint density at radius 1 is 1.06 bits per heavy atom. The summed E-state index contributed by atoms with van der Waals surface area (Å²) in [5.74, 6) is 0.346. The predicted octanol–water partition coefficient (Wildman–Crippen LogP) is 4.73. The van der Waals surface area contributed by atoms with Gasteiger partial charge in [0.25, 0.3) is 0 Å². The van der Waals surface area contributed by atoms with Crippen molar-refractivity contribution in [3.8, 4) is 5.75 Å². The molecule has 0 saturated heterocycles. The molecule has 31 heavy (non-hydrogen) atoms. The molecular formula is C25H21N3O3. The van der Waals surface area contributed by atoms with Gasteiger partial charge in [0, 0.05) is 0 Å². The minimum absolute atomic E-state index is 0.131. The van der Waals surface area contributed by atoms with Crippen molar-refractivity contribution in [1.82, 2.24) is 9.55 Å². The van der Waals surface area contributed by atoms with Gasteiger partial charge >= 0.3 is 5.97 Å².